The number of rotatable bonds is 4. The van der Waals surface area contributed by atoms with Gasteiger partial charge in [-0.1, -0.05) is 13.3 Å². The number of esters is 1. The third kappa shape index (κ3) is 5.49. The molecule has 0 bridgehead atoms. The Labute approximate surface area is 75.1 Å². The Kier molecular flexibility index (Phi) is 4.80. The van der Waals surface area contributed by atoms with Crippen LogP contribution in [0.1, 0.15) is 33.1 Å². The van der Waals surface area contributed by atoms with Crippen LogP contribution in [0.25, 0.3) is 0 Å². The molecule has 0 aromatic rings. The molecule has 0 saturated carbocycles. The van der Waals surface area contributed by atoms with Crippen molar-refractivity contribution in [3.05, 3.63) is 0 Å². The average molecular weight is 198 g/mol. The molecule has 0 radical (unpaired) electrons. The van der Waals surface area contributed by atoms with Crippen molar-refractivity contribution in [3.63, 3.8) is 0 Å². The largest absolute Gasteiger partial charge is 0.453 e. The normalized spacial score (nSPS) is 13.9. The van der Waals surface area contributed by atoms with Crippen LogP contribution in [0.4, 0.5) is 13.2 Å². The Balaban J connectivity index is 4.11. The summed E-state index contributed by atoms with van der Waals surface area (Å²) in [5.41, 5.74) is 0. The highest BCUT2D eigenvalue weighted by Gasteiger charge is 2.41. The first-order valence-corrected chi connectivity index (χ1v) is 4.11. The van der Waals surface area contributed by atoms with Crippen molar-refractivity contribution >= 4 is 5.97 Å². The monoisotopic (exact) mass is 198 g/mol. The van der Waals surface area contributed by atoms with E-state index in [4.69, 9.17) is 0 Å². The second kappa shape index (κ2) is 5.09. The maximum Gasteiger partial charge on any atom is 0.425 e. The summed E-state index contributed by atoms with van der Waals surface area (Å²) in [5.74, 6) is -0.890. The number of carbonyl (C=O) groups excluding carboxylic acids is 1. The van der Waals surface area contributed by atoms with Gasteiger partial charge in [-0.2, -0.15) is 13.2 Å². The molecule has 0 spiro atoms. The van der Waals surface area contributed by atoms with Gasteiger partial charge in [-0.3, -0.25) is 4.79 Å². The SMILES string of the molecule is CCCCC(OC(C)=O)C(F)(F)F. The molecule has 78 valence electrons. The van der Waals surface area contributed by atoms with Crippen molar-refractivity contribution in [1.82, 2.24) is 0 Å². The van der Waals surface area contributed by atoms with E-state index in [0.29, 0.717) is 12.8 Å². The standard InChI is InChI=1S/C8H13F3O2/c1-3-4-5-7(8(9,10)11)13-6(2)12/h7H,3-5H2,1-2H3. The molecule has 0 saturated heterocycles. The third-order valence-electron chi connectivity index (χ3n) is 1.49. The Morgan fingerprint density at radius 1 is 1.46 bits per heavy atom. The Hall–Kier alpha value is -0.740. The lowest BCUT2D eigenvalue weighted by molar-refractivity contribution is -0.221. The molecule has 1 atom stereocenters. The summed E-state index contributed by atoms with van der Waals surface area (Å²) in [7, 11) is 0. The summed E-state index contributed by atoms with van der Waals surface area (Å²) in [4.78, 5) is 10.3. The quantitative estimate of drug-likeness (QED) is 0.649. The van der Waals surface area contributed by atoms with Crippen LogP contribution in [-0.4, -0.2) is 18.2 Å². The van der Waals surface area contributed by atoms with E-state index in [0.717, 1.165) is 6.92 Å². The first-order valence-electron chi connectivity index (χ1n) is 4.11. The van der Waals surface area contributed by atoms with Gasteiger partial charge in [0.2, 0.25) is 0 Å². The smallest absolute Gasteiger partial charge is 0.425 e. The molecule has 5 heteroatoms. The highest BCUT2D eigenvalue weighted by atomic mass is 19.4. The zero-order chi connectivity index (χ0) is 10.5. The average Bonchev–Trinajstić information content (AvgIpc) is 1.95. The summed E-state index contributed by atoms with van der Waals surface area (Å²) in [6.07, 6.45) is -5.49. The number of hydrogen-bond acceptors (Lipinski definition) is 2. The van der Waals surface area contributed by atoms with Crippen molar-refractivity contribution in [3.8, 4) is 0 Å². The van der Waals surface area contributed by atoms with Crippen LogP contribution in [0.15, 0.2) is 0 Å². The third-order valence-corrected chi connectivity index (χ3v) is 1.49. The van der Waals surface area contributed by atoms with Crippen LogP contribution in [0.5, 0.6) is 0 Å². The van der Waals surface area contributed by atoms with Crippen LogP contribution in [-0.2, 0) is 9.53 Å². The maximum absolute atomic E-state index is 12.1. The van der Waals surface area contributed by atoms with E-state index < -0.39 is 18.2 Å². The summed E-state index contributed by atoms with van der Waals surface area (Å²) in [6.45, 7) is 2.76. The number of unbranched alkanes of at least 4 members (excludes halogenated alkanes) is 1. The zero-order valence-electron chi connectivity index (χ0n) is 7.65. The minimum absolute atomic E-state index is 0.153. The van der Waals surface area contributed by atoms with Gasteiger partial charge in [0.05, 0.1) is 0 Å². The maximum atomic E-state index is 12.1. The number of hydrogen-bond donors (Lipinski definition) is 0. The molecule has 0 rings (SSSR count). The minimum atomic E-state index is -4.44. The van der Waals surface area contributed by atoms with Gasteiger partial charge in [-0.25, -0.2) is 0 Å². The van der Waals surface area contributed by atoms with E-state index in [9.17, 15) is 18.0 Å². The lowest BCUT2D eigenvalue weighted by atomic mass is 10.1. The molecule has 0 aromatic heterocycles. The molecule has 0 amide bonds. The lowest BCUT2D eigenvalue weighted by Gasteiger charge is -2.19. The summed E-state index contributed by atoms with van der Waals surface area (Å²) >= 11 is 0. The van der Waals surface area contributed by atoms with Crippen molar-refractivity contribution in [1.29, 1.82) is 0 Å². The van der Waals surface area contributed by atoms with Crippen LogP contribution in [0.2, 0.25) is 0 Å². The van der Waals surface area contributed by atoms with Gasteiger partial charge in [0.1, 0.15) is 0 Å². The Bertz CT molecular complexity index is 165. The van der Waals surface area contributed by atoms with Crippen molar-refractivity contribution in [2.75, 3.05) is 0 Å². The van der Waals surface area contributed by atoms with Crippen LogP contribution in [0.3, 0.4) is 0 Å². The van der Waals surface area contributed by atoms with E-state index in [1.807, 2.05) is 0 Å². The molecule has 0 aliphatic heterocycles. The second-order valence-corrected chi connectivity index (χ2v) is 2.78. The van der Waals surface area contributed by atoms with E-state index in [1.165, 1.54) is 0 Å². The van der Waals surface area contributed by atoms with Gasteiger partial charge in [-0.05, 0) is 12.8 Å². The number of carbonyl (C=O) groups is 1. The van der Waals surface area contributed by atoms with Crippen molar-refractivity contribution < 1.29 is 22.7 Å². The molecule has 13 heavy (non-hydrogen) atoms. The number of halogens is 3. The second-order valence-electron chi connectivity index (χ2n) is 2.78. The van der Waals surface area contributed by atoms with Gasteiger partial charge in [-0.15, -0.1) is 0 Å². The molecule has 0 heterocycles. The first kappa shape index (κ1) is 12.3. The van der Waals surface area contributed by atoms with E-state index in [-0.39, 0.29) is 6.42 Å². The Morgan fingerprint density at radius 2 is 2.00 bits per heavy atom. The zero-order valence-corrected chi connectivity index (χ0v) is 7.65. The predicted octanol–water partition coefficient (Wildman–Crippen LogP) is 2.67. The van der Waals surface area contributed by atoms with E-state index in [1.54, 1.807) is 6.92 Å². The summed E-state index contributed by atoms with van der Waals surface area (Å²) < 4.78 is 40.5. The fourth-order valence-corrected chi connectivity index (χ4v) is 0.879. The fourth-order valence-electron chi connectivity index (χ4n) is 0.879. The molecule has 1 unspecified atom stereocenters. The summed E-state index contributed by atoms with van der Waals surface area (Å²) in [6, 6.07) is 0. The van der Waals surface area contributed by atoms with Crippen molar-refractivity contribution in [2.24, 2.45) is 0 Å². The van der Waals surface area contributed by atoms with Crippen LogP contribution < -0.4 is 0 Å². The van der Waals surface area contributed by atoms with Gasteiger partial charge in [0.15, 0.2) is 6.10 Å². The van der Waals surface area contributed by atoms with Gasteiger partial charge in [0, 0.05) is 6.92 Å². The molecule has 0 N–H and O–H groups in total. The van der Waals surface area contributed by atoms with E-state index in [2.05, 4.69) is 4.74 Å². The molecule has 2 nitrogen and oxygen atoms in total. The van der Waals surface area contributed by atoms with E-state index >= 15 is 0 Å². The van der Waals surface area contributed by atoms with Gasteiger partial charge < -0.3 is 4.74 Å². The molecule has 0 aliphatic rings. The highest BCUT2D eigenvalue weighted by molar-refractivity contribution is 5.66. The molecule has 0 aromatic carbocycles. The molecule has 0 fully saturated rings. The first-order chi connectivity index (χ1) is 5.88. The number of ether oxygens (including phenoxy) is 1. The van der Waals surface area contributed by atoms with Crippen LogP contribution in [0, 0.1) is 0 Å². The number of alkyl halides is 3. The van der Waals surface area contributed by atoms with Gasteiger partial charge >= 0.3 is 12.1 Å². The predicted molar refractivity (Wildman–Crippen MR) is 41.1 cm³/mol. The highest BCUT2D eigenvalue weighted by Crippen LogP contribution is 2.26. The molecule has 0 aliphatic carbocycles. The molecular weight excluding hydrogens is 185 g/mol. The Morgan fingerprint density at radius 3 is 2.31 bits per heavy atom. The summed E-state index contributed by atoms with van der Waals surface area (Å²) in [5, 5.41) is 0. The minimum Gasteiger partial charge on any atom is -0.453 e. The van der Waals surface area contributed by atoms with Crippen molar-refractivity contribution in [2.45, 2.75) is 45.4 Å². The molecular formula is C8H13F3O2. The fraction of sp³-hybridized carbons (Fsp3) is 0.875. The van der Waals surface area contributed by atoms with Gasteiger partial charge in [0.25, 0.3) is 0 Å². The lowest BCUT2D eigenvalue weighted by Crippen LogP contribution is -2.33. The van der Waals surface area contributed by atoms with Crippen LogP contribution >= 0.6 is 0 Å². The topological polar surface area (TPSA) is 26.3 Å².